The molecule has 0 saturated carbocycles. The number of aromatic nitrogens is 5. The van der Waals surface area contributed by atoms with E-state index in [2.05, 4.69) is 19.9 Å². The lowest BCUT2D eigenvalue weighted by atomic mass is 10.4. The lowest BCUT2D eigenvalue weighted by molar-refractivity contribution is 1.00. The number of pyridine rings is 1. The average molecular weight is 272 g/mol. The van der Waals surface area contributed by atoms with Gasteiger partial charge in [-0.2, -0.15) is 0 Å². The lowest BCUT2D eigenvalue weighted by Gasteiger charge is -2.11. The number of imidazole rings is 1. The molecule has 2 N–H and O–H groups in total. The molecule has 3 aromatic heterocycles. The molecule has 20 heavy (non-hydrogen) atoms. The van der Waals surface area contributed by atoms with Gasteiger partial charge < -0.3 is 4.90 Å². The zero-order chi connectivity index (χ0) is 14.3. The molecule has 0 radical (unpaired) electrons. The number of hydrogen-bond donors (Lipinski definition) is 2. The van der Waals surface area contributed by atoms with E-state index in [1.165, 1.54) is 6.33 Å². The number of fused-ring (bicyclic) bond motifs is 1. The summed E-state index contributed by atoms with van der Waals surface area (Å²) in [6, 6.07) is 3.68. The Kier molecular flexibility index (Phi) is 2.63. The van der Waals surface area contributed by atoms with Gasteiger partial charge in [-0.25, -0.2) is 14.8 Å². The first kappa shape index (κ1) is 12.2. The van der Waals surface area contributed by atoms with Crippen molar-refractivity contribution in [2.45, 2.75) is 0 Å². The van der Waals surface area contributed by atoms with Crippen molar-refractivity contribution >= 4 is 17.0 Å². The third-order valence-electron chi connectivity index (χ3n) is 2.91. The van der Waals surface area contributed by atoms with Crippen LogP contribution in [0.15, 0.2) is 34.2 Å². The van der Waals surface area contributed by atoms with E-state index in [4.69, 9.17) is 0 Å². The van der Waals surface area contributed by atoms with E-state index in [9.17, 15) is 9.59 Å². The van der Waals surface area contributed by atoms with E-state index >= 15 is 0 Å². The highest BCUT2D eigenvalue weighted by atomic mass is 16.2. The normalized spacial score (nSPS) is 10.9. The van der Waals surface area contributed by atoms with Gasteiger partial charge in [-0.05, 0) is 12.1 Å². The summed E-state index contributed by atoms with van der Waals surface area (Å²) in [5, 5.41) is 0. The second-order valence-electron chi connectivity index (χ2n) is 4.49. The maximum absolute atomic E-state index is 11.6. The molecule has 0 saturated heterocycles. The van der Waals surface area contributed by atoms with Crippen LogP contribution in [0.1, 0.15) is 0 Å². The second kappa shape index (κ2) is 4.34. The third kappa shape index (κ3) is 1.87. The zero-order valence-corrected chi connectivity index (χ0v) is 10.9. The molecule has 102 valence electrons. The standard InChI is InChI=1S/C12H12N6O2/c1-17(2)8-4-3-7(5-13-8)18-6-14-9-10(18)15-12(20)16-11(9)19/h3-6H,1-2H3,(H2,15,16,19,20). The van der Waals surface area contributed by atoms with E-state index in [0.29, 0.717) is 11.3 Å². The Morgan fingerprint density at radius 3 is 2.60 bits per heavy atom. The summed E-state index contributed by atoms with van der Waals surface area (Å²) in [4.78, 5) is 37.8. The van der Waals surface area contributed by atoms with E-state index in [1.54, 1.807) is 10.8 Å². The lowest BCUT2D eigenvalue weighted by Crippen LogP contribution is -2.22. The van der Waals surface area contributed by atoms with Gasteiger partial charge in [0.2, 0.25) is 0 Å². The molecule has 0 spiro atoms. The smallest absolute Gasteiger partial charge is 0.327 e. The Hall–Kier alpha value is -2.90. The van der Waals surface area contributed by atoms with E-state index in [0.717, 1.165) is 5.82 Å². The van der Waals surface area contributed by atoms with Crippen molar-refractivity contribution in [2.24, 2.45) is 0 Å². The summed E-state index contributed by atoms with van der Waals surface area (Å²) >= 11 is 0. The van der Waals surface area contributed by atoms with Crippen molar-refractivity contribution < 1.29 is 0 Å². The molecule has 3 heterocycles. The third-order valence-corrected chi connectivity index (χ3v) is 2.91. The molecule has 8 heteroatoms. The topological polar surface area (TPSA) is 99.7 Å². The van der Waals surface area contributed by atoms with Gasteiger partial charge in [-0.1, -0.05) is 0 Å². The maximum Gasteiger partial charge on any atom is 0.327 e. The number of nitrogens with one attached hydrogen (secondary N) is 2. The fourth-order valence-electron chi connectivity index (χ4n) is 1.92. The Balaban J connectivity index is 2.19. The predicted molar refractivity (Wildman–Crippen MR) is 74.4 cm³/mol. The summed E-state index contributed by atoms with van der Waals surface area (Å²) in [5.41, 5.74) is 0.154. The number of hydrogen-bond acceptors (Lipinski definition) is 5. The molecule has 3 rings (SSSR count). The van der Waals surface area contributed by atoms with Crippen LogP contribution >= 0.6 is 0 Å². The minimum atomic E-state index is -0.567. The van der Waals surface area contributed by atoms with Crippen molar-refractivity contribution in [3.63, 3.8) is 0 Å². The van der Waals surface area contributed by atoms with Gasteiger partial charge in [0.1, 0.15) is 12.1 Å². The molecular weight excluding hydrogens is 260 g/mol. The predicted octanol–water partition coefficient (Wildman–Crippen LogP) is -0.137. The molecule has 0 aliphatic rings. The first-order chi connectivity index (χ1) is 9.56. The van der Waals surface area contributed by atoms with Crippen molar-refractivity contribution in [1.82, 2.24) is 24.5 Å². The minimum absolute atomic E-state index is 0.182. The summed E-state index contributed by atoms with van der Waals surface area (Å²) in [6.07, 6.45) is 3.12. The minimum Gasteiger partial charge on any atom is -0.363 e. The number of aromatic amines is 2. The molecule has 0 aromatic carbocycles. The van der Waals surface area contributed by atoms with E-state index in [1.807, 2.05) is 31.1 Å². The van der Waals surface area contributed by atoms with E-state index < -0.39 is 11.2 Å². The number of nitrogens with zero attached hydrogens (tertiary/aromatic N) is 4. The van der Waals surface area contributed by atoms with Crippen LogP contribution in [0, 0.1) is 0 Å². The largest absolute Gasteiger partial charge is 0.363 e. The summed E-state index contributed by atoms with van der Waals surface area (Å²) in [7, 11) is 3.79. The highest BCUT2D eigenvalue weighted by Crippen LogP contribution is 2.14. The van der Waals surface area contributed by atoms with Crippen LogP contribution in [-0.2, 0) is 0 Å². The maximum atomic E-state index is 11.6. The summed E-state index contributed by atoms with van der Waals surface area (Å²) in [5.74, 6) is 0.810. The molecule has 0 bridgehead atoms. The van der Waals surface area contributed by atoms with Crippen LogP contribution in [0.3, 0.4) is 0 Å². The second-order valence-corrected chi connectivity index (χ2v) is 4.49. The molecule has 8 nitrogen and oxygen atoms in total. The van der Waals surface area contributed by atoms with Crippen molar-refractivity contribution in [3.8, 4) is 5.69 Å². The van der Waals surface area contributed by atoms with Crippen molar-refractivity contribution in [3.05, 3.63) is 45.5 Å². The highest BCUT2D eigenvalue weighted by Gasteiger charge is 2.09. The molecule has 0 aliphatic heterocycles. The van der Waals surface area contributed by atoms with Gasteiger partial charge in [0.25, 0.3) is 5.56 Å². The molecular formula is C12H12N6O2. The van der Waals surface area contributed by atoms with Gasteiger partial charge in [-0.15, -0.1) is 0 Å². The van der Waals surface area contributed by atoms with Gasteiger partial charge in [0.05, 0.1) is 11.9 Å². The Labute approximate surface area is 112 Å². The summed E-state index contributed by atoms with van der Waals surface area (Å²) < 4.78 is 1.61. The summed E-state index contributed by atoms with van der Waals surface area (Å²) in [6.45, 7) is 0. The van der Waals surface area contributed by atoms with Gasteiger partial charge >= 0.3 is 5.69 Å². The molecule has 3 aromatic rings. The van der Waals surface area contributed by atoms with Crippen molar-refractivity contribution in [2.75, 3.05) is 19.0 Å². The SMILES string of the molecule is CN(C)c1ccc(-n2cnc3c(=O)[nH]c(=O)[nH]c32)cn1. The van der Waals surface area contributed by atoms with Crippen molar-refractivity contribution in [1.29, 1.82) is 0 Å². The quantitative estimate of drug-likeness (QED) is 0.676. The van der Waals surface area contributed by atoms with Crippen LogP contribution in [0.25, 0.3) is 16.9 Å². The molecule has 0 atom stereocenters. The van der Waals surface area contributed by atoms with Gasteiger partial charge in [-0.3, -0.25) is 19.3 Å². The molecule has 0 aliphatic carbocycles. The zero-order valence-electron chi connectivity index (χ0n) is 10.9. The highest BCUT2D eigenvalue weighted by molar-refractivity contribution is 5.71. The number of rotatable bonds is 2. The Morgan fingerprint density at radius 1 is 1.15 bits per heavy atom. The molecule has 0 fully saturated rings. The van der Waals surface area contributed by atoms with Crippen LogP contribution in [0.5, 0.6) is 0 Å². The Bertz CT molecular complexity index is 871. The fourth-order valence-corrected chi connectivity index (χ4v) is 1.92. The first-order valence-electron chi connectivity index (χ1n) is 5.89. The van der Waals surface area contributed by atoms with Crippen LogP contribution in [0.4, 0.5) is 5.82 Å². The molecule has 0 amide bonds. The fraction of sp³-hybridized carbons (Fsp3) is 0.167. The average Bonchev–Trinajstić information content (AvgIpc) is 2.82. The van der Waals surface area contributed by atoms with E-state index in [-0.39, 0.29) is 5.52 Å². The first-order valence-corrected chi connectivity index (χ1v) is 5.89. The van der Waals surface area contributed by atoms with Gasteiger partial charge in [0.15, 0.2) is 11.2 Å². The van der Waals surface area contributed by atoms with Crippen LogP contribution in [-0.4, -0.2) is 38.6 Å². The van der Waals surface area contributed by atoms with Crippen LogP contribution < -0.4 is 16.1 Å². The number of anilines is 1. The number of H-pyrrole nitrogens is 2. The molecule has 0 unspecified atom stereocenters. The van der Waals surface area contributed by atoms with Crippen LogP contribution in [0.2, 0.25) is 0 Å². The Morgan fingerprint density at radius 2 is 1.95 bits per heavy atom. The van der Waals surface area contributed by atoms with Gasteiger partial charge in [0, 0.05) is 14.1 Å². The monoisotopic (exact) mass is 272 g/mol.